The van der Waals surface area contributed by atoms with Crippen LogP contribution in [0.1, 0.15) is 162 Å². The van der Waals surface area contributed by atoms with Crippen LogP contribution in [-0.2, 0) is 121 Å². The second-order valence-electron chi connectivity index (χ2n) is 37.7. The summed E-state index contributed by atoms with van der Waals surface area (Å²) in [6.07, 6.45) is 14.6. The number of imidazole rings is 1. The molecule has 8 heterocycles. The van der Waals surface area contributed by atoms with E-state index in [2.05, 4.69) is 20.3 Å². The molecule has 0 spiro atoms. The number of piperazine rings is 1. The van der Waals surface area contributed by atoms with E-state index in [0.29, 0.717) is 185 Å². The number of aryl methyl sites for hydroxylation is 3. The van der Waals surface area contributed by atoms with Crippen LogP contribution in [0.3, 0.4) is 0 Å². The van der Waals surface area contributed by atoms with Crippen molar-refractivity contribution in [3.8, 4) is 16.8 Å². The lowest BCUT2D eigenvalue weighted by Gasteiger charge is -2.42. The van der Waals surface area contributed by atoms with E-state index in [-0.39, 0.29) is 124 Å². The minimum Gasteiger partial charge on any atom is -0.460 e. The van der Waals surface area contributed by atoms with Gasteiger partial charge in [0.2, 0.25) is 11.7 Å². The van der Waals surface area contributed by atoms with Crippen molar-refractivity contribution in [2.24, 2.45) is 42.6 Å². The fourth-order valence-electron chi connectivity index (χ4n) is 19.0. The Morgan fingerprint density at radius 3 is 1.97 bits per heavy atom. The Balaban J connectivity index is 0.504. The summed E-state index contributed by atoms with van der Waals surface area (Å²) in [7, 11) is 6.20. The summed E-state index contributed by atoms with van der Waals surface area (Å²) in [4.78, 5) is 113. The van der Waals surface area contributed by atoms with Crippen molar-refractivity contribution in [3.63, 3.8) is 0 Å². The number of methoxy groups -OCH3 is 3. The number of unbranched alkanes of at least 4 members (excludes halogenated alkanes) is 1. The van der Waals surface area contributed by atoms with Crippen molar-refractivity contribution in [1.29, 1.82) is 0 Å². The molecule has 1 saturated carbocycles. The number of ketones is 3. The lowest BCUT2D eigenvalue weighted by Crippen LogP contribution is -2.61. The maximum atomic E-state index is 15.0. The molecule has 15 atom stereocenters. The standard InChI is InChI=1S/C104H147F3N10O23/c1-69-20-14-13-15-21-70(2)91(127-10)64-82-30-24-75(7)103(126,140-82)99(122)100(123)116-35-18-16-23-87(116)101(124)139-92(65-89(118)71(3)59-74(6)97(121)98(129-12)96(120)73(5)58-69)72(4)60-77-26-33-90(93(61-77)128-11)138-41-19-17-22-80-68-115(111-110-80)40-43-131-45-47-133-49-51-135-53-55-137-57-56-136-54-52-134-50-48-132-46-44-130-42-34-94(119)114-38-36-113(37-39-114)86-32-29-81(63-84(86)104(105,106)107)117-95-83-62-78(79-27-25-76(8)108-66-79)28-31-85(83)109-67-88(95)112(9)102(117)125/h13-15,20-21,25,27-29,31-32,59,62-63,66-69,71-73,75,77,82,87,90-93,97-98,121,126H,16-19,22-24,26,30,33-58,60-61,64-65H2,1-12H3/b15-13+,20-14+,70-21+,74-59+/t69-,71-,72-,73-,75-,77+,82+,87+,90-,91+,92+,93-,97-,98+,103-/m1/s1. The SMILES string of the molecule is CO[C@H]1C[C@@H]2CC[C@@H](C)[C@@](O)(O2)C(=O)C(=O)N2CCCC[C@H]2C(=O)O[C@H]([C@H](C)C[C@@H]2CC[C@@H](OCCCCc3cn(CCOCCOCCOCCOCCOCCOCCOCCOCCC(=O)N4CCN(c5ccc(-n6c(=O)n(C)c7cnc8ccc(-c9ccc(C)nc9)cc8c76)cc5C(F)(F)F)CC4)nn3)[C@H](OC)C2)CC(=O)[C@H](C)/C=C(\C)[C@@H](O)[C@@H](OC)C(=O)[C@H](C)C[C@H](C)/C=C/C=C/C=C/1C. The summed E-state index contributed by atoms with van der Waals surface area (Å²) < 4.78 is 131. The number of anilines is 1. The number of aliphatic hydroxyl groups excluding tert-OH is 1. The van der Waals surface area contributed by atoms with Gasteiger partial charge in [0.1, 0.15) is 30.1 Å². The number of Topliss-reactive ketones (excluding diaryl/α,β-unsaturated/α-hetero) is 3. The Labute approximate surface area is 819 Å². The zero-order chi connectivity index (χ0) is 100. The van der Waals surface area contributed by atoms with Crippen LogP contribution < -0.4 is 10.6 Å². The number of fused-ring (bicyclic) bond motifs is 6. The first-order chi connectivity index (χ1) is 67.4. The second-order valence-corrected chi connectivity index (χ2v) is 37.7. The predicted molar refractivity (Wildman–Crippen MR) is 519 cm³/mol. The highest BCUT2D eigenvalue weighted by atomic mass is 19.4. The molecule has 4 fully saturated rings. The Hall–Kier alpha value is -9.22. The highest BCUT2D eigenvalue weighted by Crippen LogP contribution is 2.42. The number of allylic oxidation sites excluding steroid dienone is 6. The van der Waals surface area contributed by atoms with E-state index in [0.717, 1.165) is 66.3 Å². The Bertz CT molecular complexity index is 5150. The summed E-state index contributed by atoms with van der Waals surface area (Å²) in [5.74, 6) is -8.42. The van der Waals surface area contributed by atoms with Crippen LogP contribution in [0.4, 0.5) is 18.9 Å². The van der Waals surface area contributed by atoms with Gasteiger partial charge in [0.05, 0.1) is 183 Å². The van der Waals surface area contributed by atoms with Crippen molar-refractivity contribution >= 4 is 62.8 Å². The Morgan fingerprint density at radius 1 is 0.664 bits per heavy atom. The molecule has 3 saturated heterocycles. The topological polar surface area (TPSA) is 365 Å². The van der Waals surface area contributed by atoms with Crippen LogP contribution in [0.15, 0.2) is 120 Å². The zero-order valence-corrected chi connectivity index (χ0v) is 83.5. The van der Waals surface area contributed by atoms with E-state index in [4.69, 9.17) is 66.3 Å². The van der Waals surface area contributed by atoms with Crippen LogP contribution in [0.5, 0.6) is 0 Å². The molecule has 140 heavy (non-hydrogen) atoms. The summed E-state index contributed by atoms with van der Waals surface area (Å²) in [6, 6.07) is 12.2. The van der Waals surface area contributed by atoms with Crippen LogP contribution in [0, 0.1) is 42.4 Å². The lowest BCUT2D eigenvalue weighted by molar-refractivity contribution is -0.265. The number of rotatable bonds is 42. The maximum Gasteiger partial charge on any atom is 0.418 e. The third-order valence-corrected chi connectivity index (χ3v) is 27.4. The van der Waals surface area contributed by atoms with Gasteiger partial charge in [-0.2, -0.15) is 13.2 Å². The number of hydrogen-bond acceptors (Lipinski definition) is 28. The summed E-state index contributed by atoms with van der Waals surface area (Å²) >= 11 is 0. The molecule has 36 heteroatoms. The fourth-order valence-corrected chi connectivity index (χ4v) is 19.0. The van der Waals surface area contributed by atoms with Crippen LogP contribution in [-0.4, -0.2) is 310 Å². The Kier molecular flexibility index (Phi) is 44.1. The van der Waals surface area contributed by atoms with Crippen molar-refractivity contribution in [2.45, 2.75) is 225 Å². The van der Waals surface area contributed by atoms with Crippen molar-refractivity contribution in [2.75, 3.05) is 171 Å². The van der Waals surface area contributed by atoms with E-state index < -0.39 is 95.2 Å². The molecule has 2 N–H and O–H groups in total. The summed E-state index contributed by atoms with van der Waals surface area (Å²) in [6.45, 7) is 22.4. The number of benzene rings is 2. The molecule has 6 aromatic rings. The number of piperidine rings is 1. The van der Waals surface area contributed by atoms with E-state index >= 15 is 13.2 Å². The number of esters is 1. The van der Waals surface area contributed by atoms with Gasteiger partial charge < -0.3 is 91.2 Å². The van der Waals surface area contributed by atoms with Gasteiger partial charge in [-0.05, 0) is 175 Å². The predicted octanol–water partition coefficient (Wildman–Crippen LogP) is 12.3. The number of cyclic esters (lactones) is 1. The van der Waals surface area contributed by atoms with E-state index in [1.165, 1.54) is 33.3 Å². The largest absolute Gasteiger partial charge is 0.460 e. The molecule has 4 aliphatic heterocycles. The number of alkyl halides is 3. The Morgan fingerprint density at radius 2 is 1.33 bits per heavy atom. The second kappa shape index (κ2) is 55.6. The average Bonchev–Trinajstić information content (AvgIpc) is 1.57. The first-order valence-electron chi connectivity index (χ1n) is 49.7. The molecule has 4 aromatic heterocycles. The first kappa shape index (κ1) is 111. The number of ether oxygens (including phenoxy) is 14. The number of aromatic nitrogens is 7. The number of nitrogens with zero attached hydrogens (tertiary/aromatic N) is 10. The van der Waals surface area contributed by atoms with Gasteiger partial charge in [-0.3, -0.25) is 43.1 Å². The third kappa shape index (κ3) is 31.6. The first-order valence-corrected chi connectivity index (χ1v) is 49.7. The molecule has 1 aliphatic carbocycles. The number of hydrogen-bond donors (Lipinski definition) is 2. The molecule has 11 rings (SSSR count). The fraction of sp³-hybridized carbons (Fsp3) is 0.644. The molecule has 772 valence electrons. The van der Waals surface area contributed by atoms with Gasteiger partial charge in [-0.1, -0.05) is 88.4 Å². The number of carbonyl (C=O) groups excluding carboxylic acids is 6. The molecule has 2 amide bonds. The average molecular weight is 1960 g/mol. The molecule has 2 bridgehead atoms. The number of amides is 2. The van der Waals surface area contributed by atoms with Gasteiger partial charge in [-0.25, -0.2) is 14.3 Å². The van der Waals surface area contributed by atoms with Crippen molar-refractivity contribution in [3.05, 3.63) is 142 Å². The smallest absolute Gasteiger partial charge is 0.418 e. The van der Waals surface area contributed by atoms with E-state index in [9.17, 15) is 43.8 Å². The normalized spacial score (nSPS) is 26.0. The maximum absolute atomic E-state index is 15.0. The van der Waals surface area contributed by atoms with Gasteiger partial charge >= 0.3 is 17.8 Å². The lowest BCUT2D eigenvalue weighted by atomic mass is 9.78. The van der Waals surface area contributed by atoms with Crippen LogP contribution in [0.25, 0.3) is 38.8 Å². The molecule has 0 unspecified atom stereocenters. The zero-order valence-electron chi connectivity index (χ0n) is 83.5. The molecule has 2 aromatic carbocycles. The third-order valence-electron chi connectivity index (χ3n) is 27.4. The minimum atomic E-state index is -4.75. The quantitative estimate of drug-likeness (QED) is 0.0156. The molecular weight excluding hydrogens is 1810 g/mol. The van der Waals surface area contributed by atoms with Crippen molar-refractivity contribution < 1.29 is 118 Å². The van der Waals surface area contributed by atoms with Gasteiger partial charge in [0.15, 0.2) is 5.78 Å². The minimum absolute atomic E-state index is 0.0107. The summed E-state index contributed by atoms with van der Waals surface area (Å²) in [5, 5.41) is 33.1. The monoisotopic (exact) mass is 1960 g/mol. The molecule has 0 radical (unpaired) electrons. The molecular formula is C104H147F3N10O23. The number of halogens is 3. The van der Waals surface area contributed by atoms with Crippen molar-refractivity contribution in [1.82, 2.24) is 43.9 Å². The van der Waals surface area contributed by atoms with Gasteiger partial charge in [0, 0.05) is 133 Å². The number of aliphatic hydroxyl groups is 2. The highest BCUT2D eigenvalue weighted by Gasteiger charge is 2.54. The van der Waals surface area contributed by atoms with E-state index in [1.807, 2.05) is 102 Å². The number of pyridine rings is 2. The van der Waals surface area contributed by atoms with E-state index in [1.54, 1.807) is 75.0 Å². The number of carbonyl (C=O) groups is 6. The molecule has 5 aliphatic rings. The summed E-state index contributed by atoms with van der Waals surface area (Å²) in [5.41, 5.74) is 4.71. The van der Waals surface area contributed by atoms with Crippen LogP contribution in [0.2, 0.25) is 0 Å². The molecule has 33 nitrogen and oxygen atoms in total. The highest BCUT2D eigenvalue weighted by molar-refractivity contribution is 6.39. The van der Waals surface area contributed by atoms with Gasteiger partial charge in [-0.15, -0.1) is 5.10 Å². The van der Waals surface area contributed by atoms with Gasteiger partial charge in [0.25, 0.3) is 11.7 Å². The van der Waals surface area contributed by atoms with Crippen LogP contribution >= 0.6 is 0 Å².